The molecule has 6 rings (SSSR count). The Hall–Kier alpha value is -4.96. The number of halogens is 4. The predicted octanol–water partition coefficient (Wildman–Crippen LogP) is 10.4. The van der Waals surface area contributed by atoms with Gasteiger partial charge in [0.1, 0.15) is 23.3 Å². The third kappa shape index (κ3) is 5.01. The number of benzene rings is 6. The smallest absolute Gasteiger partial charge is 0.130 e. The van der Waals surface area contributed by atoms with Crippen LogP contribution in [0, 0.1) is 23.3 Å². The fourth-order valence-corrected chi connectivity index (χ4v) is 6.81. The van der Waals surface area contributed by atoms with Crippen LogP contribution in [0.25, 0.3) is 0 Å². The second kappa shape index (κ2) is 12.3. The third-order valence-corrected chi connectivity index (χ3v) is 8.72. The standard InChI is InChI=1S/C40H30F4/c41-33-23-13-24-34(42)37(33)39(29-15-5-1-6-16-29,30-17-7-2-8-18-30)27-28-40(31-19-9-3-10-20-31,32-21-11-4-12-22-32)38-35(43)25-14-26-36(38)44/h1-26H,27-28H2. The van der Waals surface area contributed by atoms with Gasteiger partial charge >= 0.3 is 0 Å². The van der Waals surface area contributed by atoms with Gasteiger partial charge in [-0.05, 0) is 59.4 Å². The van der Waals surface area contributed by atoms with Crippen LogP contribution in [0.15, 0.2) is 158 Å². The molecule has 0 N–H and O–H groups in total. The fraction of sp³-hybridized carbons (Fsp3) is 0.100. The van der Waals surface area contributed by atoms with Crippen molar-refractivity contribution in [3.05, 3.63) is 214 Å². The van der Waals surface area contributed by atoms with Crippen LogP contribution in [0.5, 0.6) is 0 Å². The average molecular weight is 587 g/mol. The van der Waals surface area contributed by atoms with E-state index in [0.717, 1.165) is 0 Å². The maximum absolute atomic E-state index is 16.1. The van der Waals surface area contributed by atoms with Crippen molar-refractivity contribution in [1.29, 1.82) is 0 Å². The molecule has 0 spiro atoms. The zero-order chi connectivity index (χ0) is 30.6. The summed E-state index contributed by atoms with van der Waals surface area (Å²) >= 11 is 0. The van der Waals surface area contributed by atoms with E-state index in [1.165, 1.54) is 36.4 Å². The normalized spacial score (nSPS) is 11.8. The molecule has 0 amide bonds. The van der Waals surface area contributed by atoms with Crippen molar-refractivity contribution >= 4 is 0 Å². The first-order valence-electron chi connectivity index (χ1n) is 14.6. The molecule has 0 aromatic heterocycles. The van der Waals surface area contributed by atoms with Gasteiger partial charge < -0.3 is 0 Å². The lowest BCUT2D eigenvalue weighted by molar-refractivity contribution is 0.401. The van der Waals surface area contributed by atoms with E-state index in [1.54, 1.807) is 0 Å². The topological polar surface area (TPSA) is 0 Å². The molecule has 6 aromatic rings. The summed E-state index contributed by atoms with van der Waals surface area (Å²) in [5.41, 5.74) is -0.261. The Balaban J connectivity index is 1.70. The summed E-state index contributed by atoms with van der Waals surface area (Å²) in [7, 11) is 0. The highest BCUT2D eigenvalue weighted by molar-refractivity contribution is 5.55. The highest BCUT2D eigenvalue weighted by atomic mass is 19.1. The first-order valence-corrected chi connectivity index (χ1v) is 14.6. The second-order valence-corrected chi connectivity index (χ2v) is 11.0. The van der Waals surface area contributed by atoms with Gasteiger partial charge in [-0.15, -0.1) is 0 Å². The highest BCUT2D eigenvalue weighted by Crippen LogP contribution is 2.51. The lowest BCUT2D eigenvalue weighted by Gasteiger charge is -2.42. The molecule has 0 nitrogen and oxygen atoms in total. The fourth-order valence-electron chi connectivity index (χ4n) is 6.81. The summed E-state index contributed by atoms with van der Waals surface area (Å²) in [6, 6.07) is 44.7. The molecule has 0 fully saturated rings. The number of hydrogen-bond donors (Lipinski definition) is 0. The Morgan fingerprint density at radius 1 is 0.295 bits per heavy atom. The van der Waals surface area contributed by atoms with Gasteiger partial charge in [0, 0.05) is 11.1 Å². The van der Waals surface area contributed by atoms with Crippen LogP contribution < -0.4 is 0 Å². The van der Waals surface area contributed by atoms with Crippen molar-refractivity contribution in [2.24, 2.45) is 0 Å². The van der Waals surface area contributed by atoms with Gasteiger partial charge in [-0.3, -0.25) is 0 Å². The molecule has 0 saturated carbocycles. The minimum Gasteiger partial charge on any atom is -0.207 e. The third-order valence-electron chi connectivity index (χ3n) is 8.72. The number of hydrogen-bond acceptors (Lipinski definition) is 0. The van der Waals surface area contributed by atoms with Crippen LogP contribution in [-0.4, -0.2) is 0 Å². The van der Waals surface area contributed by atoms with Crippen LogP contribution in [-0.2, 0) is 10.8 Å². The summed E-state index contributed by atoms with van der Waals surface area (Å²) in [5, 5.41) is 0. The van der Waals surface area contributed by atoms with Crippen LogP contribution in [0.2, 0.25) is 0 Å². The second-order valence-electron chi connectivity index (χ2n) is 11.0. The molecular weight excluding hydrogens is 556 g/mol. The summed E-state index contributed by atoms with van der Waals surface area (Å²) in [6.07, 6.45) is 0.215. The molecule has 4 heteroatoms. The Morgan fingerprint density at radius 3 is 0.750 bits per heavy atom. The molecule has 0 saturated heterocycles. The lowest BCUT2D eigenvalue weighted by atomic mass is 9.60. The zero-order valence-electron chi connectivity index (χ0n) is 23.9. The van der Waals surface area contributed by atoms with Gasteiger partial charge in [-0.1, -0.05) is 133 Å². The summed E-state index contributed by atoms with van der Waals surface area (Å²) in [5.74, 6) is -2.78. The maximum Gasteiger partial charge on any atom is 0.130 e. The minimum atomic E-state index is -1.35. The average Bonchev–Trinajstić information content (AvgIpc) is 3.06. The maximum atomic E-state index is 16.1. The van der Waals surface area contributed by atoms with Crippen molar-refractivity contribution in [3.63, 3.8) is 0 Å². The quantitative estimate of drug-likeness (QED) is 0.117. The van der Waals surface area contributed by atoms with Gasteiger partial charge in [0.25, 0.3) is 0 Å². The van der Waals surface area contributed by atoms with E-state index in [9.17, 15) is 0 Å². The van der Waals surface area contributed by atoms with Gasteiger partial charge in [0.05, 0.1) is 10.8 Å². The number of rotatable bonds is 9. The van der Waals surface area contributed by atoms with Crippen molar-refractivity contribution in [3.8, 4) is 0 Å². The van der Waals surface area contributed by atoms with E-state index >= 15 is 17.6 Å². The minimum absolute atomic E-state index is 0.108. The van der Waals surface area contributed by atoms with Crippen molar-refractivity contribution in [2.75, 3.05) is 0 Å². The Kier molecular flexibility index (Phi) is 8.17. The molecule has 44 heavy (non-hydrogen) atoms. The molecule has 0 bridgehead atoms. The molecule has 0 atom stereocenters. The zero-order valence-corrected chi connectivity index (χ0v) is 23.9. The van der Waals surface area contributed by atoms with Gasteiger partial charge in [0.15, 0.2) is 0 Å². The molecule has 0 aliphatic heterocycles. The lowest BCUT2D eigenvalue weighted by Crippen LogP contribution is -2.38. The van der Waals surface area contributed by atoms with Crippen LogP contribution >= 0.6 is 0 Å². The Labute approximate surface area is 255 Å². The van der Waals surface area contributed by atoms with Gasteiger partial charge in [-0.25, -0.2) is 17.6 Å². The molecule has 6 aromatic carbocycles. The Bertz CT molecular complexity index is 1580. The van der Waals surface area contributed by atoms with E-state index < -0.39 is 34.1 Å². The van der Waals surface area contributed by atoms with Crippen LogP contribution in [0.3, 0.4) is 0 Å². The molecule has 0 unspecified atom stereocenters. The van der Waals surface area contributed by atoms with Crippen molar-refractivity contribution in [1.82, 2.24) is 0 Å². The monoisotopic (exact) mass is 586 g/mol. The molecule has 0 aliphatic carbocycles. The van der Waals surface area contributed by atoms with Gasteiger partial charge in [0.2, 0.25) is 0 Å². The predicted molar refractivity (Wildman–Crippen MR) is 167 cm³/mol. The molecular formula is C40H30F4. The largest absolute Gasteiger partial charge is 0.207 e. The summed E-state index contributed by atoms with van der Waals surface area (Å²) < 4.78 is 64.3. The van der Waals surface area contributed by atoms with E-state index in [2.05, 4.69) is 0 Å². The van der Waals surface area contributed by atoms with Crippen molar-refractivity contribution in [2.45, 2.75) is 23.7 Å². The summed E-state index contributed by atoms with van der Waals surface area (Å²) in [4.78, 5) is 0. The molecule has 0 radical (unpaired) electrons. The summed E-state index contributed by atoms with van der Waals surface area (Å²) in [6.45, 7) is 0. The molecule has 0 aliphatic rings. The van der Waals surface area contributed by atoms with E-state index in [1.807, 2.05) is 121 Å². The first kappa shape index (κ1) is 29.1. The van der Waals surface area contributed by atoms with E-state index in [0.29, 0.717) is 22.3 Å². The SMILES string of the molecule is Fc1cccc(F)c1C(CCC(c1ccccc1)(c1ccccc1)c1c(F)cccc1F)(c1ccccc1)c1ccccc1. The Morgan fingerprint density at radius 2 is 0.523 bits per heavy atom. The van der Waals surface area contributed by atoms with Gasteiger partial charge in [-0.2, -0.15) is 0 Å². The molecule has 218 valence electrons. The molecule has 0 heterocycles. The van der Waals surface area contributed by atoms with Crippen LogP contribution in [0.1, 0.15) is 46.2 Å². The van der Waals surface area contributed by atoms with E-state index in [4.69, 9.17) is 0 Å². The van der Waals surface area contributed by atoms with E-state index in [-0.39, 0.29) is 24.0 Å². The van der Waals surface area contributed by atoms with Crippen molar-refractivity contribution < 1.29 is 17.6 Å². The van der Waals surface area contributed by atoms with Crippen LogP contribution in [0.4, 0.5) is 17.6 Å². The highest BCUT2D eigenvalue weighted by Gasteiger charge is 2.46. The first-order chi connectivity index (χ1) is 21.5.